The van der Waals surface area contributed by atoms with Gasteiger partial charge in [-0.1, -0.05) is 0 Å². The third-order valence-electron chi connectivity index (χ3n) is 3.41. The summed E-state index contributed by atoms with van der Waals surface area (Å²) in [5, 5.41) is 9.03. The Bertz CT molecular complexity index is 240. The molecule has 1 N–H and O–H groups in total. The topological polar surface area (TPSA) is 53.0 Å². The Morgan fingerprint density at radius 2 is 2.12 bits per heavy atom. The van der Waals surface area contributed by atoms with Crippen LogP contribution in [0.25, 0.3) is 0 Å². The molecule has 1 aliphatic heterocycles. The highest BCUT2D eigenvalue weighted by Crippen LogP contribution is 2.14. The molecular formula is C12H24N2O3. The summed E-state index contributed by atoms with van der Waals surface area (Å²) in [4.78, 5) is 15.4. The van der Waals surface area contributed by atoms with Crippen molar-refractivity contribution >= 4 is 5.97 Å². The summed E-state index contributed by atoms with van der Waals surface area (Å²) < 4.78 is 5.23. The number of aliphatic carboxylic acids is 1. The number of hydrogen-bond acceptors (Lipinski definition) is 4. The van der Waals surface area contributed by atoms with Gasteiger partial charge in [0.15, 0.2) is 6.10 Å². The molecule has 17 heavy (non-hydrogen) atoms. The first kappa shape index (κ1) is 14.4. The van der Waals surface area contributed by atoms with Gasteiger partial charge in [-0.05, 0) is 47.0 Å². The molecule has 1 unspecified atom stereocenters. The Hall–Kier alpha value is -0.650. The van der Waals surface area contributed by atoms with Crippen molar-refractivity contribution in [2.75, 3.05) is 40.3 Å². The number of likely N-dealkylation sites (N-methyl/N-ethyl adjacent to an activating group) is 1. The van der Waals surface area contributed by atoms with Crippen LogP contribution in [0.1, 0.15) is 19.8 Å². The first-order valence-corrected chi connectivity index (χ1v) is 6.27. The van der Waals surface area contributed by atoms with Crippen molar-refractivity contribution in [2.45, 2.75) is 31.9 Å². The quantitative estimate of drug-likeness (QED) is 0.737. The van der Waals surface area contributed by atoms with Crippen LogP contribution in [0.4, 0.5) is 0 Å². The molecule has 0 saturated carbocycles. The minimum absolute atomic E-state index is 0.443. The maximum absolute atomic E-state index is 11.0. The Kier molecular flexibility index (Phi) is 5.88. The fourth-order valence-corrected chi connectivity index (χ4v) is 2.25. The predicted molar refractivity (Wildman–Crippen MR) is 66.2 cm³/mol. The van der Waals surface area contributed by atoms with Crippen LogP contribution >= 0.6 is 0 Å². The minimum Gasteiger partial charge on any atom is -0.479 e. The molecule has 0 amide bonds. The summed E-state index contributed by atoms with van der Waals surface area (Å²) in [6.45, 7) is 4.91. The van der Waals surface area contributed by atoms with Gasteiger partial charge in [-0.25, -0.2) is 4.79 Å². The Morgan fingerprint density at radius 1 is 1.53 bits per heavy atom. The second-order valence-corrected chi connectivity index (χ2v) is 4.76. The second-order valence-electron chi connectivity index (χ2n) is 4.76. The molecule has 1 rings (SSSR count). The van der Waals surface area contributed by atoms with Crippen molar-refractivity contribution in [3.63, 3.8) is 0 Å². The lowest BCUT2D eigenvalue weighted by Gasteiger charge is -2.36. The van der Waals surface area contributed by atoms with Gasteiger partial charge < -0.3 is 19.6 Å². The molecule has 100 valence electrons. The van der Waals surface area contributed by atoms with E-state index in [9.17, 15) is 4.79 Å². The Balaban J connectivity index is 2.40. The van der Waals surface area contributed by atoms with E-state index in [2.05, 4.69) is 16.8 Å². The first-order valence-electron chi connectivity index (χ1n) is 6.27. The number of carboxylic acid groups (broad SMARTS) is 1. The number of carbonyl (C=O) groups is 1. The van der Waals surface area contributed by atoms with Gasteiger partial charge in [-0.3, -0.25) is 0 Å². The van der Waals surface area contributed by atoms with Crippen LogP contribution in [0.3, 0.4) is 0 Å². The molecule has 0 aromatic carbocycles. The van der Waals surface area contributed by atoms with E-state index in [0.717, 1.165) is 25.9 Å². The van der Waals surface area contributed by atoms with Crippen LogP contribution in [-0.4, -0.2) is 73.4 Å². The summed E-state index contributed by atoms with van der Waals surface area (Å²) in [5.74, 6) is -0.869. The normalized spacial score (nSPS) is 20.7. The number of ether oxygens (including phenoxy) is 1. The van der Waals surface area contributed by atoms with E-state index in [1.807, 2.05) is 14.0 Å². The molecule has 0 spiro atoms. The zero-order valence-corrected chi connectivity index (χ0v) is 11.1. The number of rotatable bonds is 6. The summed E-state index contributed by atoms with van der Waals surface area (Å²) in [6, 6.07) is 0.480. The van der Waals surface area contributed by atoms with Gasteiger partial charge in [0, 0.05) is 19.2 Å². The van der Waals surface area contributed by atoms with Gasteiger partial charge in [0.2, 0.25) is 0 Å². The van der Waals surface area contributed by atoms with Crippen LogP contribution < -0.4 is 0 Å². The van der Waals surface area contributed by atoms with E-state index in [1.165, 1.54) is 0 Å². The molecule has 0 aliphatic carbocycles. The molecule has 5 nitrogen and oxygen atoms in total. The zero-order valence-electron chi connectivity index (χ0n) is 11.1. The summed E-state index contributed by atoms with van der Waals surface area (Å²) >= 11 is 0. The lowest BCUT2D eigenvalue weighted by Crippen LogP contribution is -2.46. The molecule has 0 aromatic rings. The van der Waals surface area contributed by atoms with Crippen molar-refractivity contribution in [3.05, 3.63) is 0 Å². The number of likely N-dealkylation sites (tertiary alicyclic amines) is 1. The first-order chi connectivity index (χ1) is 8.04. The average Bonchev–Trinajstić information content (AvgIpc) is 2.29. The van der Waals surface area contributed by atoms with E-state index in [1.54, 1.807) is 0 Å². The molecule has 5 heteroatoms. The Labute approximate surface area is 103 Å². The Morgan fingerprint density at radius 3 is 2.59 bits per heavy atom. The maximum Gasteiger partial charge on any atom is 0.334 e. The van der Waals surface area contributed by atoms with Gasteiger partial charge in [0.1, 0.15) is 0 Å². The second kappa shape index (κ2) is 6.93. The fraction of sp³-hybridized carbons (Fsp3) is 0.917. The summed E-state index contributed by atoms with van der Waals surface area (Å²) in [6.07, 6.45) is 1.50. The smallest absolute Gasteiger partial charge is 0.334 e. The predicted octanol–water partition coefficient (Wildman–Crippen LogP) is 0.502. The third-order valence-corrected chi connectivity index (χ3v) is 3.41. The van der Waals surface area contributed by atoms with Gasteiger partial charge in [-0.15, -0.1) is 0 Å². The highest BCUT2D eigenvalue weighted by molar-refractivity contribution is 5.72. The number of hydrogen-bond donors (Lipinski definition) is 1. The highest BCUT2D eigenvalue weighted by atomic mass is 16.5. The zero-order chi connectivity index (χ0) is 12.8. The highest BCUT2D eigenvalue weighted by Gasteiger charge is 2.25. The van der Waals surface area contributed by atoms with E-state index in [-0.39, 0.29) is 0 Å². The third kappa shape index (κ3) is 4.61. The summed E-state index contributed by atoms with van der Waals surface area (Å²) in [5.41, 5.74) is 0. The molecule has 1 aliphatic rings. The van der Waals surface area contributed by atoms with Crippen LogP contribution in [0, 0.1) is 0 Å². The van der Waals surface area contributed by atoms with E-state index in [0.29, 0.717) is 19.2 Å². The number of carboxylic acids is 1. The van der Waals surface area contributed by atoms with Crippen LogP contribution in [0.5, 0.6) is 0 Å². The SMILES string of the molecule is CCOC(CN(C)C1CCN(C)CC1)C(=O)O. The molecule has 1 heterocycles. The van der Waals surface area contributed by atoms with Gasteiger partial charge in [0.05, 0.1) is 0 Å². The van der Waals surface area contributed by atoms with Crippen molar-refractivity contribution in [1.82, 2.24) is 9.80 Å². The van der Waals surface area contributed by atoms with Gasteiger partial charge in [-0.2, -0.15) is 0 Å². The average molecular weight is 244 g/mol. The van der Waals surface area contributed by atoms with E-state index < -0.39 is 12.1 Å². The van der Waals surface area contributed by atoms with Crippen molar-refractivity contribution in [2.24, 2.45) is 0 Å². The van der Waals surface area contributed by atoms with Crippen LogP contribution in [0.2, 0.25) is 0 Å². The maximum atomic E-state index is 11.0. The summed E-state index contributed by atoms with van der Waals surface area (Å²) in [7, 11) is 4.11. The molecule has 0 bridgehead atoms. The van der Waals surface area contributed by atoms with E-state index >= 15 is 0 Å². The number of piperidine rings is 1. The molecule has 1 atom stereocenters. The molecular weight excluding hydrogens is 220 g/mol. The van der Waals surface area contributed by atoms with Gasteiger partial charge in [0.25, 0.3) is 0 Å². The van der Waals surface area contributed by atoms with Crippen molar-refractivity contribution in [3.8, 4) is 0 Å². The van der Waals surface area contributed by atoms with Gasteiger partial charge >= 0.3 is 5.97 Å². The lowest BCUT2D eigenvalue weighted by atomic mass is 10.0. The monoisotopic (exact) mass is 244 g/mol. The molecule has 0 radical (unpaired) electrons. The minimum atomic E-state index is -0.869. The van der Waals surface area contributed by atoms with Crippen molar-refractivity contribution in [1.29, 1.82) is 0 Å². The van der Waals surface area contributed by atoms with Crippen LogP contribution in [-0.2, 0) is 9.53 Å². The largest absolute Gasteiger partial charge is 0.479 e. The number of nitrogens with zero attached hydrogens (tertiary/aromatic N) is 2. The molecule has 1 saturated heterocycles. The molecule has 0 aromatic heterocycles. The fourth-order valence-electron chi connectivity index (χ4n) is 2.25. The molecule has 1 fully saturated rings. The van der Waals surface area contributed by atoms with Crippen molar-refractivity contribution < 1.29 is 14.6 Å². The van der Waals surface area contributed by atoms with Crippen LogP contribution in [0.15, 0.2) is 0 Å². The van der Waals surface area contributed by atoms with E-state index in [4.69, 9.17) is 9.84 Å². The lowest BCUT2D eigenvalue weighted by molar-refractivity contribution is -0.151. The standard InChI is InChI=1S/C12H24N2O3/c1-4-17-11(12(15)16)9-14(3)10-5-7-13(2)8-6-10/h10-11H,4-9H2,1-3H3,(H,15,16).